The maximum atomic E-state index is 16.2. The average molecular weight is 561 g/mol. The van der Waals surface area contributed by atoms with Gasteiger partial charge in [0.05, 0.1) is 45.1 Å². The highest BCUT2D eigenvalue weighted by Crippen LogP contribution is 2.41. The Morgan fingerprint density at radius 2 is 1.87 bits per heavy atom. The molecule has 2 amide bonds. The monoisotopic (exact) mass is 560 g/mol. The minimum absolute atomic E-state index is 0.0429. The smallest absolute Gasteiger partial charge is 0.412 e. The highest BCUT2D eigenvalue weighted by atomic mass is 35.5. The number of nitrogens with zero attached hydrogens (tertiary/aromatic N) is 4. The molecule has 1 aromatic carbocycles. The molecule has 1 aromatic heterocycles. The van der Waals surface area contributed by atoms with Crippen LogP contribution in [0.5, 0.6) is 11.5 Å². The molecule has 0 radical (unpaired) electrons. The number of hydrogen-bond donors (Lipinski definition) is 0. The number of halogens is 2. The molecule has 1 saturated heterocycles. The third-order valence-electron chi connectivity index (χ3n) is 7.58. The van der Waals surface area contributed by atoms with Crippen LogP contribution in [-0.2, 0) is 17.8 Å². The number of amides is 2. The van der Waals surface area contributed by atoms with Crippen molar-refractivity contribution in [3.8, 4) is 11.5 Å². The van der Waals surface area contributed by atoms with Gasteiger partial charge in [-0.2, -0.15) is 0 Å². The van der Waals surface area contributed by atoms with Gasteiger partial charge in [0, 0.05) is 23.7 Å². The second-order valence-corrected chi connectivity index (χ2v) is 11.6. The van der Waals surface area contributed by atoms with E-state index in [-0.39, 0.29) is 53.9 Å². The van der Waals surface area contributed by atoms with Crippen molar-refractivity contribution in [3.05, 3.63) is 45.9 Å². The Morgan fingerprint density at radius 3 is 2.54 bits per heavy atom. The molecule has 0 unspecified atom stereocenters. The summed E-state index contributed by atoms with van der Waals surface area (Å²) in [5.41, 5.74) is 0.395. The predicted molar refractivity (Wildman–Crippen MR) is 144 cm³/mol. The first-order chi connectivity index (χ1) is 18.5. The van der Waals surface area contributed by atoms with Crippen molar-refractivity contribution >= 4 is 29.4 Å². The number of aromatic nitrogens is 1. The summed E-state index contributed by atoms with van der Waals surface area (Å²) < 4.78 is 32.6. The largest absolute Gasteiger partial charge is 0.497 e. The van der Waals surface area contributed by atoms with Gasteiger partial charge < -0.3 is 24.0 Å². The van der Waals surface area contributed by atoms with Crippen LogP contribution in [0.4, 0.5) is 15.0 Å². The fourth-order valence-corrected chi connectivity index (χ4v) is 6.07. The maximum Gasteiger partial charge on any atom is 0.412 e. The number of pyridine rings is 1. The van der Waals surface area contributed by atoms with Gasteiger partial charge in [-0.3, -0.25) is 9.69 Å². The molecule has 2 atom stereocenters. The fraction of sp³-hybridized carbons (Fsp3) is 0.536. The minimum Gasteiger partial charge on any atom is -0.497 e. The molecule has 1 saturated carbocycles. The third kappa shape index (κ3) is 5.06. The molecule has 2 fully saturated rings. The van der Waals surface area contributed by atoms with E-state index in [1.165, 1.54) is 4.90 Å². The average Bonchev–Trinajstić information content (AvgIpc) is 3.44. The summed E-state index contributed by atoms with van der Waals surface area (Å²) in [6, 6.07) is 5.11. The molecule has 1 aliphatic carbocycles. The summed E-state index contributed by atoms with van der Waals surface area (Å²) in [7, 11) is 3.10. The van der Waals surface area contributed by atoms with Crippen molar-refractivity contribution in [1.29, 1.82) is 0 Å². The maximum absolute atomic E-state index is 16.2. The van der Waals surface area contributed by atoms with E-state index in [4.69, 9.17) is 25.8 Å². The van der Waals surface area contributed by atoms with Gasteiger partial charge in [-0.25, -0.2) is 14.2 Å². The lowest BCUT2D eigenvalue weighted by atomic mass is 9.90. The number of carbonyl (C=O) groups is 2. The molecule has 3 aliphatic rings. The number of ether oxygens (including phenoxy) is 3. The summed E-state index contributed by atoms with van der Waals surface area (Å²) in [4.78, 5) is 35.8. The lowest BCUT2D eigenvalue weighted by Gasteiger charge is -2.33. The SMILES string of the molecule is COc1ccc(CN2Cc3c(F)c(N4CN(C(=O)OC(C)(C)C)[C@H]5CCCC[C@H]54)nc(Cl)c3C2=O)c(OC)c1. The van der Waals surface area contributed by atoms with Crippen LogP contribution in [0, 0.1) is 5.82 Å². The first-order valence-corrected chi connectivity index (χ1v) is 13.5. The number of fused-ring (bicyclic) bond motifs is 2. The Morgan fingerprint density at radius 1 is 1.15 bits per heavy atom. The van der Waals surface area contributed by atoms with Crippen molar-refractivity contribution < 1.29 is 28.2 Å². The molecule has 210 valence electrons. The van der Waals surface area contributed by atoms with Gasteiger partial charge in [0.15, 0.2) is 11.6 Å². The molecule has 0 spiro atoms. The van der Waals surface area contributed by atoms with Gasteiger partial charge in [-0.05, 0) is 45.7 Å². The van der Waals surface area contributed by atoms with Crippen molar-refractivity contribution in [3.63, 3.8) is 0 Å². The number of rotatable bonds is 5. The Hall–Kier alpha value is -3.27. The van der Waals surface area contributed by atoms with Gasteiger partial charge in [0.2, 0.25) is 0 Å². The van der Waals surface area contributed by atoms with E-state index in [0.717, 1.165) is 31.2 Å². The van der Waals surface area contributed by atoms with Gasteiger partial charge in [-0.1, -0.05) is 24.4 Å². The molecule has 0 bridgehead atoms. The van der Waals surface area contributed by atoms with E-state index in [1.807, 2.05) is 31.7 Å². The van der Waals surface area contributed by atoms with E-state index in [0.29, 0.717) is 11.5 Å². The number of methoxy groups -OCH3 is 2. The highest BCUT2D eigenvalue weighted by Gasteiger charge is 2.47. The first-order valence-electron chi connectivity index (χ1n) is 13.2. The molecule has 2 aromatic rings. The van der Waals surface area contributed by atoms with Crippen LogP contribution in [0.1, 0.15) is 67.9 Å². The minimum atomic E-state index is -0.647. The van der Waals surface area contributed by atoms with Crippen LogP contribution in [0.15, 0.2) is 18.2 Å². The summed E-state index contributed by atoms with van der Waals surface area (Å²) in [6.07, 6.45) is 3.12. The Balaban J connectivity index is 1.44. The number of benzene rings is 1. The zero-order valence-electron chi connectivity index (χ0n) is 22.9. The van der Waals surface area contributed by atoms with Gasteiger partial charge in [0.25, 0.3) is 5.91 Å². The van der Waals surface area contributed by atoms with Crippen molar-refractivity contribution in [2.75, 3.05) is 25.8 Å². The van der Waals surface area contributed by atoms with E-state index < -0.39 is 23.4 Å². The van der Waals surface area contributed by atoms with Crippen molar-refractivity contribution in [2.45, 2.75) is 77.2 Å². The van der Waals surface area contributed by atoms with Crippen LogP contribution in [0.3, 0.4) is 0 Å². The molecule has 0 N–H and O–H groups in total. The second-order valence-electron chi connectivity index (χ2n) is 11.2. The second kappa shape index (κ2) is 10.4. The molecular formula is C28H34ClFN4O5. The first kappa shape index (κ1) is 27.3. The standard InChI is InChI=1S/C28H34ClFN4O5/c1-28(2,3)39-27(36)34-15-33(19-8-6-7-9-20(19)34)25-23(30)18-14-32(26(35)22(18)24(29)31-25)13-16-10-11-17(37-4)12-21(16)38-5/h10-12,19-20H,6-9,13-15H2,1-5H3/t19-,20+/m1/s1. The topological polar surface area (TPSA) is 84.4 Å². The van der Waals surface area contributed by atoms with Crippen LogP contribution in [0.25, 0.3) is 0 Å². The van der Waals surface area contributed by atoms with Gasteiger partial charge >= 0.3 is 6.09 Å². The van der Waals surface area contributed by atoms with E-state index in [1.54, 1.807) is 31.3 Å². The van der Waals surface area contributed by atoms with E-state index in [2.05, 4.69) is 4.98 Å². The van der Waals surface area contributed by atoms with Gasteiger partial charge in [0.1, 0.15) is 22.3 Å². The third-order valence-corrected chi connectivity index (χ3v) is 7.85. The van der Waals surface area contributed by atoms with E-state index >= 15 is 4.39 Å². The molecule has 5 rings (SSSR count). The van der Waals surface area contributed by atoms with Crippen LogP contribution < -0.4 is 14.4 Å². The van der Waals surface area contributed by atoms with Gasteiger partial charge in [-0.15, -0.1) is 0 Å². The Kier molecular flexibility index (Phi) is 7.26. The number of anilines is 1. The fourth-order valence-electron chi connectivity index (χ4n) is 5.79. The summed E-state index contributed by atoms with van der Waals surface area (Å²) in [5, 5.41) is -0.0429. The Labute approximate surface area is 232 Å². The molecule has 9 nitrogen and oxygen atoms in total. The summed E-state index contributed by atoms with van der Waals surface area (Å²) >= 11 is 6.55. The molecule has 2 aliphatic heterocycles. The molecular weight excluding hydrogens is 527 g/mol. The molecule has 11 heteroatoms. The van der Waals surface area contributed by atoms with Crippen molar-refractivity contribution in [1.82, 2.24) is 14.8 Å². The quantitative estimate of drug-likeness (QED) is 0.454. The lowest BCUT2D eigenvalue weighted by Crippen LogP contribution is -2.44. The Bertz CT molecular complexity index is 1300. The zero-order chi connectivity index (χ0) is 28.1. The number of carbonyl (C=O) groups excluding carboxylic acids is 2. The number of hydrogen-bond acceptors (Lipinski definition) is 7. The normalized spacial score (nSPS) is 20.7. The van der Waals surface area contributed by atoms with Crippen LogP contribution in [0.2, 0.25) is 5.15 Å². The highest BCUT2D eigenvalue weighted by molar-refractivity contribution is 6.33. The zero-order valence-corrected chi connectivity index (χ0v) is 23.7. The molecule has 39 heavy (non-hydrogen) atoms. The summed E-state index contributed by atoms with van der Waals surface area (Å²) in [6.45, 7) is 5.85. The van der Waals surface area contributed by atoms with Crippen LogP contribution in [-0.4, -0.2) is 65.4 Å². The predicted octanol–water partition coefficient (Wildman–Crippen LogP) is 5.37. The van der Waals surface area contributed by atoms with Crippen LogP contribution >= 0.6 is 11.6 Å². The lowest BCUT2D eigenvalue weighted by molar-refractivity contribution is 0.0200. The van der Waals surface area contributed by atoms with E-state index in [9.17, 15) is 9.59 Å². The van der Waals surface area contributed by atoms with Crippen molar-refractivity contribution in [2.24, 2.45) is 0 Å². The molecule has 3 heterocycles. The summed E-state index contributed by atoms with van der Waals surface area (Å²) in [5.74, 6) is 0.284.